The first-order valence-electron chi connectivity index (χ1n) is 7.21. The number of hydrogen-bond acceptors (Lipinski definition) is 5. The third-order valence-corrected chi connectivity index (χ3v) is 4.28. The van der Waals surface area contributed by atoms with Gasteiger partial charge >= 0.3 is 0 Å². The van der Waals surface area contributed by atoms with Crippen molar-refractivity contribution in [3.8, 4) is 11.5 Å². The lowest BCUT2D eigenvalue weighted by Gasteiger charge is -2.20. The molecular formula is C15H23N3O2S. The highest BCUT2D eigenvalue weighted by molar-refractivity contribution is 7.10. The number of nitrogens with one attached hydrogen (secondary N) is 1. The molecule has 1 unspecified atom stereocenters. The Bertz CT molecular complexity index is 565. The van der Waals surface area contributed by atoms with Crippen molar-refractivity contribution < 1.29 is 9.47 Å². The molecular weight excluding hydrogens is 286 g/mol. The smallest absolute Gasteiger partial charge is 0.161 e. The molecule has 21 heavy (non-hydrogen) atoms. The Morgan fingerprint density at radius 1 is 1.29 bits per heavy atom. The summed E-state index contributed by atoms with van der Waals surface area (Å²) in [5.74, 6) is 1.71. The summed E-state index contributed by atoms with van der Waals surface area (Å²) in [6, 6.07) is 2.02. The van der Waals surface area contributed by atoms with E-state index in [2.05, 4.69) is 24.3 Å². The summed E-state index contributed by atoms with van der Waals surface area (Å²) < 4.78 is 13.0. The van der Waals surface area contributed by atoms with E-state index in [9.17, 15) is 0 Å². The van der Waals surface area contributed by atoms with E-state index in [0.717, 1.165) is 41.6 Å². The lowest BCUT2D eigenvalue weighted by molar-refractivity contribution is 0.390. The van der Waals surface area contributed by atoms with E-state index < -0.39 is 0 Å². The van der Waals surface area contributed by atoms with E-state index in [-0.39, 0.29) is 6.04 Å². The van der Waals surface area contributed by atoms with Crippen LogP contribution in [-0.2, 0) is 6.54 Å². The average molecular weight is 309 g/mol. The fraction of sp³-hybridized carbons (Fsp3) is 0.533. The number of hydrogen-bond donors (Lipinski definition) is 1. The van der Waals surface area contributed by atoms with E-state index in [1.807, 2.05) is 16.1 Å². The topological polar surface area (TPSA) is 48.3 Å². The van der Waals surface area contributed by atoms with Gasteiger partial charge in [0, 0.05) is 6.54 Å². The van der Waals surface area contributed by atoms with E-state index in [4.69, 9.17) is 9.47 Å². The zero-order valence-electron chi connectivity index (χ0n) is 13.0. The molecule has 0 saturated heterocycles. The molecule has 0 radical (unpaired) electrons. The number of methoxy groups -OCH3 is 2. The van der Waals surface area contributed by atoms with Crippen LogP contribution >= 0.6 is 11.3 Å². The molecule has 0 aliphatic heterocycles. The molecule has 2 rings (SSSR count). The van der Waals surface area contributed by atoms with Gasteiger partial charge in [0.2, 0.25) is 0 Å². The standard InChI is InChI=1S/C15H23N3O2S/c1-5-8-18-14(12(20-4)10-17-18)13(16-6-2)15-11(19-3)7-9-21-15/h7,9-10,13,16H,5-6,8H2,1-4H3. The Hall–Kier alpha value is -1.53. The van der Waals surface area contributed by atoms with Gasteiger partial charge in [-0.05, 0) is 24.4 Å². The van der Waals surface area contributed by atoms with Crippen LogP contribution in [0, 0.1) is 0 Å². The van der Waals surface area contributed by atoms with Gasteiger partial charge in [0.1, 0.15) is 11.4 Å². The first-order valence-corrected chi connectivity index (χ1v) is 8.09. The Morgan fingerprint density at radius 2 is 2.05 bits per heavy atom. The van der Waals surface area contributed by atoms with Crippen LogP contribution in [0.4, 0.5) is 0 Å². The summed E-state index contributed by atoms with van der Waals surface area (Å²) in [7, 11) is 3.39. The molecule has 6 heteroatoms. The zero-order valence-corrected chi connectivity index (χ0v) is 13.9. The third-order valence-electron chi connectivity index (χ3n) is 3.32. The van der Waals surface area contributed by atoms with Crippen LogP contribution in [0.1, 0.15) is 36.9 Å². The van der Waals surface area contributed by atoms with Crippen molar-refractivity contribution in [2.45, 2.75) is 32.9 Å². The van der Waals surface area contributed by atoms with Crippen molar-refractivity contribution in [3.63, 3.8) is 0 Å². The van der Waals surface area contributed by atoms with E-state index in [1.165, 1.54) is 0 Å². The number of aryl methyl sites for hydroxylation is 1. The molecule has 2 aromatic rings. The quantitative estimate of drug-likeness (QED) is 0.814. The van der Waals surface area contributed by atoms with E-state index in [0.29, 0.717) is 0 Å². The molecule has 0 aromatic carbocycles. The summed E-state index contributed by atoms with van der Waals surface area (Å²) >= 11 is 1.68. The second-order valence-corrected chi connectivity index (χ2v) is 5.61. The van der Waals surface area contributed by atoms with Crippen LogP contribution in [0.2, 0.25) is 0 Å². The average Bonchev–Trinajstić information content (AvgIpc) is 3.11. The summed E-state index contributed by atoms with van der Waals surface area (Å²) in [4.78, 5) is 1.15. The van der Waals surface area contributed by atoms with Gasteiger partial charge < -0.3 is 14.8 Å². The molecule has 5 nitrogen and oxygen atoms in total. The number of nitrogens with zero attached hydrogens (tertiary/aromatic N) is 2. The minimum atomic E-state index is 0.0222. The maximum Gasteiger partial charge on any atom is 0.161 e. The first-order chi connectivity index (χ1) is 10.3. The van der Waals surface area contributed by atoms with Crippen LogP contribution < -0.4 is 14.8 Å². The Kier molecular flexibility index (Phi) is 5.64. The number of rotatable bonds is 8. The predicted octanol–water partition coefficient (Wildman–Crippen LogP) is 3.07. The van der Waals surface area contributed by atoms with Gasteiger partial charge in [-0.15, -0.1) is 11.3 Å². The van der Waals surface area contributed by atoms with E-state index in [1.54, 1.807) is 31.8 Å². The Morgan fingerprint density at radius 3 is 2.67 bits per heavy atom. The molecule has 2 aromatic heterocycles. The van der Waals surface area contributed by atoms with Crippen LogP contribution in [0.3, 0.4) is 0 Å². The number of ether oxygens (including phenoxy) is 2. The Labute approximate surface area is 129 Å². The summed E-state index contributed by atoms with van der Waals surface area (Å²) in [5.41, 5.74) is 1.06. The zero-order chi connectivity index (χ0) is 15.2. The predicted molar refractivity (Wildman–Crippen MR) is 85.5 cm³/mol. The van der Waals surface area contributed by atoms with Crippen molar-refractivity contribution in [1.29, 1.82) is 0 Å². The largest absolute Gasteiger partial charge is 0.496 e. The monoisotopic (exact) mass is 309 g/mol. The molecule has 0 aliphatic carbocycles. The second kappa shape index (κ2) is 7.47. The molecule has 0 aliphatic rings. The Balaban J connectivity index is 2.49. The van der Waals surface area contributed by atoms with Crippen molar-refractivity contribution in [2.75, 3.05) is 20.8 Å². The summed E-state index contributed by atoms with van der Waals surface area (Å²) in [5, 5.41) is 10.0. The van der Waals surface area contributed by atoms with Gasteiger partial charge in [-0.25, -0.2) is 0 Å². The minimum absolute atomic E-state index is 0.0222. The van der Waals surface area contributed by atoms with Crippen LogP contribution in [0.15, 0.2) is 17.6 Å². The van der Waals surface area contributed by atoms with Crippen molar-refractivity contribution in [3.05, 3.63) is 28.2 Å². The molecule has 1 atom stereocenters. The van der Waals surface area contributed by atoms with Crippen LogP contribution in [-0.4, -0.2) is 30.5 Å². The molecule has 0 spiro atoms. The first kappa shape index (κ1) is 15.9. The van der Waals surface area contributed by atoms with Gasteiger partial charge in [0.25, 0.3) is 0 Å². The highest BCUT2D eigenvalue weighted by Crippen LogP contribution is 2.38. The van der Waals surface area contributed by atoms with Gasteiger partial charge in [0.05, 0.1) is 31.3 Å². The lowest BCUT2D eigenvalue weighted by Crippen LogP contribution is -2.25. The molecule has 116 valence electrons. The number of aromatic nitrogens is 2. The van der Waals surface area contributed by atoms with Gasteiger partial charge in [-0.1, -0.05) is 13.8 Å². The highest BCUT2D eigenvalue weighted by Gasteiger charge is 2.26. The summed E-state index contributed by atoms with van der Waals surface area (Å²) in [6.45, 7) is 5.96. The maximum absolute atomic E-state index is 5.51. The SMILES string of the molecule is CCCn1ncc(OC)c1C(NCC)c1sccc1OC. The fourth-order valence-corrected chi connectivity index (χ4v) is 3.36. The minimum Gasteiger partial charge on any atom is -0.496 e. The number of thiophene rings is 1. The van der Waals surface area contributed by atoms with Gasteiger partial charge in [-0.3, -0.25) is 4.68 Å². The van der Waals surface area contributed by atoms with Crippen molar-refractivity contribution >= 4 is 11.3 Å². The molecule has 2 heterocycles. The van der Waals surface area contributed by atoms with Crippen molar-refractivity contribution in [2.24, 2.45) is 0 Å². The molecule has 0 saturated carbocycles. The summed E-state index contributed by atoms with van der Waals surface area (Å²) in [6.07, 6.45) is 2.81. The highest BCUT2D eigenvalue weighted by atomic mass is 32.1. The molecule has 1 N–H and O–H groups in total. The fourth-order valence-electron chi connectivity index (χ4n) is 2.42. The lowest BCUT2D eigenvalue weighted by atomic mass is 10.1. The molecule has 0 fully saturated rings. The van der Waals surface area contributed by atoms with Crippen LogP contribution in [0.5, 0.6) is 11.5 Å². The molecule has 0 amide bonds. The molecule has 0 bridgehead atoms. The normalized spacial score (nSPS) is 12.4. The van der Waals surface area contributed by atoms with Gasteiger partial charge in [0.15, 0.2) is 5.75 Å². The van der Waals surface area contributed by atoms with Gasteiger partial charge in [-0.2, -0.15) is 5.10 Å². The van der Waals surface area contributed by atoms with Crippen molar-refractivity contribution in [1.82, 2.24) is 15.1 Å². The second-order valence-electron chi connectivity index (χ2n) is 4.67. The van der Waals surface area contributed by atoms with Crippen LogP contribution in [0.25, 0.3) is 0 Å². The van der Waals surface area contributed by atoms with E-state index >= 15 is 0 Å². The third kappa shape index (κ3) is 3.22. The maximum atomic E-state index is 5.51.